The number of carbonyl (C=O) groups is 1. The van der Waals surface area contributed by atoms with Crippen molar-refractivity contribution in [1.82, 2.24) is 0 Å². The van der Waals surface area contributed by atoms with Crippen LogP contribution < -0.4 is 15.8 Å². The normalized spacial score (nSPS) is 9.68. The van der Waals surface area contributed by atoms with Crippen LogP contribution in [-0.2, 0) is 4.79 Å². The van der Waals surface area contributed by atoms with Crippen LogP contribution in [-0.4, -0.2) is 19.1 Å². The summed E-state index contributed by atoms with van der Waals surface area (Å²) in [7, 11) is 0. The molecular formula is C15H20N2O2. The predicted molar refractivity (Wildman–Crippen MR) is 76.9 cm³/mol. The van der Waals surface area contributed by atoms with Crippen molar-refractivity contribution in [3.8, 4) is 18.1 Å². The maximum Gasteiger partial charge on any atom is 0.224 e. The molecule has 0 bridgehead atoms. The maximum atomic E-state index is 11.7. The molecule has 0 saturated heterocycles. The lowest BCUT2D eigenvalue weighted by molar-refractivity contribution is -0.116. The summed E-state index contributed by atoms with van der Waals surface area (Å²) in [5.41, 5.74) is 6.10. The molecule has 3 N–H and O–H groups in total. The maximum absolute atomic E-state index is 11.7. The van der Waals surface area contributed by atoms with Crippen LogP contribution in [0.25, 0.3) is 0 Å². The zero-order chi connectivity index (χ0) is 13.9. The second-order valence-electron chi connectivity index (χ2n) is 4.12. The lowest BCUT2D eigenvalue weighted by Gasteiger charge is -2.08. The first kappa shape index (κ1) is 15.1. The Balaban J connectivity index is 2.39. The van der Waals surface area contributed by atoms with Crippen molar-refractivity contribution < 1.29 is 9.53 Å². The molecule has 1 aromatic rings. The molecule has 0 aromatic heterocycles. The molecule has 102 valence electrons. The van der Waals surface area contributed by atoms with Crippen LogP contribution in [0.4, 0.5) is 5.69 Å². The van der Waals surface area contributed by atoms with Gasteiger partial charge in [0.15, 0.2) is 0 Å². The van der Waals surface area contributed by atoms with Crippen LogP contribution in [0.2, 0.25) is 0 Å². The Bertz CT molecular complexity index is 438. The summed E-state index contributed by atoms with van der Waals surface area (Å²) in [5, 5.41) is 2.83. The van der Waals surface area contributed by atoms with E-state index < -0.39 is 0 Å². The van der Waals surface area contributed by atoms with Crippen LogP contribution in [0.5, 0.6) is 5.75 Å². The number of nitrogens with two attached hydrogens (primary N) is 1. The van der Waals surface area contributed by atoms with Crippen LogP contribution in [0.15, 0.2) is 24.3 Å². The molecule has 0 aliphatic rings. The molecule has 0 heterocycles. The van der Waals surface area contributed by atoms with Crippen molar-refractivity contribution in [2.24, 2.45) is 5.73 Å². The molecule has 19 heavy (non-hydrogen) atoms. The van der Waals surface area contributed by atoms with E-state index >= 15 is 0 Å². The summed E-state index contributed by atoms with van der Waals surface area (Å²) >= 11 is 0. The molecule has 0 radical (unpaired) electrons. The van der Waals surface area contributed by atoms with E-state index in [0.717, 1.165) is 24.9 Å². The van der Waals surface area contributed by atoms with Gasteiger partial charge in [-0.15, -0.1) is 12.3 Å². The summed E-state index contributed by atoms with van der Waals surface area (Å²) in [6.07, 6.45) is 8.04. The van der Waals surface area contributed by atoms with E-state index in [1.54, 1.807) is 6.07 Å². The van der Waals surface area contributed by atoms with Crippen molar-refractivity contribution in [2.75, 3.05) is 18.5 Å². The van der Waals surface area contributed by atoms with Gasteiger partial charge in [0.2, 0.25) is 5.91 Å². The third kappa shape index (κ3) is 6.49. The Labute approximate surface area is 114 Å². The van der Waals surface area contributed by atoms with Gasteiger partial charge in [0.25, 0.3) is 0 Å². The minimum absolute atomic E-state index is 0.00648. The number of anilines is 1. The Morgan fingerprint density at radius 2 is 2.26 bits per heavy atom. The SMILES string of the molecule is C#CCCCCC(=O)Nc1cccc(OCCN)c1. The van der Waals surface area contributed by atoms with Gasteiger partial charge in [-0.1, -0.05) is 6.07 Å². The minimum atomic E-state index is -0.00648. The number of hydrogen-bond donors (Lipinski definition) is 2. The monoisotopic (exact) mass is 260 g/mol. The molecule has 0 aliphatic carbocycles. The zero-order valence-corrected chi connectivity index (χ0v) is 11.0. The standard InChI is InChI=1S/C15H20N2O2/c1-2-3-4-5-9-15(18)17-13-7-6-8-14(12-13)19-11-10-16/h1,6-8,12H,3-5,9-11,16H2,(H,17,18). The first-order chi connectivity index (χ1) is 9.26. The highest BCUT2D eigenvalue weighted by Gasteiger charge is 2.03. The number of carbonyl (C=O) groups excluding carboxylic acids is 1. The summed E-state index contributed by atoms with van der Waals surface area (Å²) in [5.74, 6) is 3.26. The van der Waals surface area contributed by atoms with Gasteiger partial charge >= 0.3 is 0 Å². The van der Waals surface area contributed by atoms with Gasteiger partial charge in [0, 0.05) is 31.1 Å². The van der Waals surface area contributed by atoms with Gasteiger partial charge < -0.3 is 15.8 Å². The smallest absolute Gasteiger partial charge is 0.224 e. The summed E-state index contributed by atoms with van der Waals surface area (Å²) < 4.78 is 5.39. The van der Waals surface area contributed by atoms with Gasteiger partial charge in [-0.3, -0.25) is 4.79 Å². The van der Waals surface area contributed by atoms with E-state index in [-0.39, 0.29) is 5.91 Å². The molecule has 4 nitrogen and oxygen atoms in total. The van der Waals surface area contributed by atoms with Crippen molar-refractivity contribution in [1.29, 1.82) is 0 Å². The highest BCUT2D eigenvalue weighted by Crippen LogP contribution is 2.17. The number of unbranched alkanes of at least 4 members (excludes halogenated alkanes) is 2. The number of ether oxygens (including phenoxy) is 1. The van der Waals surface area contributed by atoms with Gasteiger partial charge in [0.05, 0.1) is 0 Å². The second kappa shape index (κ2) is 9.01. The second-order valence-corrected chi connectivity index (χ2v) is 4.12. The Kier molecular flexibility index (Phi) is 7.14. The largest absolute Gasteiger partial charge is 0.492 e. The highest BCUT2D eigenvalue weighted by atomic mass is 16.5. The molecule has 0 atom stereocenters. The number of nitrogens with one attached hydrogen (secondary N) is 1. The van der Waals surface area contributed by atoms with Crippen LogP contribution in [0.1, 0.15) is 25.7 Å². The highest BCUT2D eigenvalue weighted by molar-refractivity contribution is 5.90. The van der Waals surface area contributed by atoms with Gasteiger partial charge in [-0.05, 0) is 25.0 Å². The third-order valence-corrected chi connectivity index (χ3v) is 2.48. The molecule has 1 aromatic carbocycles. The topological polar surface area (TPSA) is 64.3 Å². The van der Waals surface area contributed by atoms with Gasteiger partial charge in [-0.25, -0.2) is 0 Å². The molecule has 0 unspecified atom stereocenters. The van der Waals surface area contributed by atoms with E-state index in [4.69, 9.17) is 16.9 Å². The molecule has 1 amide bonds. The lowest BCUT2D eigenvalue weighted by Crippen LogP contribution is -2.12. The lowest BCUT2D eigenvalue weighted by atomic mass is 10.2. The first-order valence-corrected chi connectivity index (χ1v) is 6.42. The number of rotatable bonds is 8. The fraction of sp³-hybridized carbons (Fsp3) is 0.400. The quantitative estimate of drug-likeness (QED) is 0.556. The molecular weight excluding hydrogens is 240 g/mol. The summed E-state index contributed by atoms with van der Waals surface area (Å²) in [4.78, 5) is 11.7. The van der Waals surface area contributed by atoms with Crippen molar-refractivity contribution in [2.45, 2.75) is 25.7 Å². The van der Waals surface area contributed by atoms with Gasteiger partial charge in [0.1, 0.15) is 12.4 Å². The van der Waals surface area contributed by atoms with Crippen molar-refractivity contribution >= 4 is 11.6 Å². The summed E-state index contributed by atoms with van der Waals surface area (Å²) in [6.45, 7) is 0.926. The van der Waals surface area contributed by atoms with E-state index in [2.05, 4.69) is 11.2 Å². The van der Waals surface area contributed by atoms with Crippen molar-refractivity contribution in [3.63, 3.8) is 0 Å². The van der Waals surface area contributed by atoms with E-state index in [9.17, 15) is 4.79 Å². The number of amides is 1. The van der Waals surface area contributed by atoms with Crippen LogP contribution >= 0.6 is 0 Å². The van der Waals surface area contributed by atoms with Crippen LogP contribution in [0.3, 0.4) is 0 Å². The fourth-order valence-electron chi connectivity index (χ4n) is 1.58. The number of hydrogen-bond acceptors (Lipinski definition) is 3. The fourth-order valence-corrected chi connectivity index (χ4v) is 1.58. The molecule has 0 aliphatic heterocycles. The van der Waals surface area contributed by atoms with E-state index in [0.29, 0.717) is 25.3 Å². The average Bonchev–Trinajstić information content (AvgIpc) is 2.42. The predicted octanol–water partition coefficient (Wildman–Crippen LogP) is 2.16. The third-order valence-electron chi connectivity index (χ3n) is 2.48. The Hall–Kier alpha value is -1.99. The number of benzene rings is 1. The molecule has 0 fully saturated rings. The van der Waals surface area contributed by atoms with Gasteiger partial charge in [-0.2, -0.15) is 0 Å². The number of terminal acetylenes is 1. The summed E-state index contributed by atoms with van der Waals surface area (Å²) in [6, 6.07) is 7.28. The Morgan fingerprint density at radius 3 is 3.00 bits per heavy atom. The molecule has 4 heteroatoms. The van der Waals surface area contributed by atoms with Crippen molar-refractivity contribution in [3.05, 3.63) is 24.3 Å². The van der Waals surface area contributed by atoms with E-state index in [1.807, 2.05) is 18.2 Å². The van der Waals surface area contributed by atoms with E-state index in [1.165, 1.54) is 0 Å². The Morgan fingerprint density at radius 1 is 1.42 bits per heavy atom. The molecule has 0 saturated carbocycles. The molecule has 1 rings (SSSR count). The van der Waals surface area contributed by atoms with Crippen LogP contribution in [0, 0.1) is 12.3 Å². The average molecular weight is 260 g/mol. The zero-order valence-electron chi connectivity index (χ0n) is 11.0. The molecule has 0 spiro atoms. The first-order valence-electron chi connectivity index (χ1n) is 6.42. The minimum Gasteiger partial charge on any atom is -0.492 e.